The van der Waals surface area contributed by atoms with Crippen LogP contribution in [0.4, 0.5) is 0 Å². The Labute approximate surface area is 118 Å². The summed E-state index contributed by atoms with van der Waals surface area (Å²) in [6.07, 6.45) is 1.32. The molecule has 6 heteroatoms. The normalized spacial score (nSPS) is 11.6. The Kier molecular flexibility index (Phi) is 8.11. The number of aliphatic hydroxyl groups is 1. The van der Waals surface area contributed by atoms with Gasteiger partial charge in [-0.3, -0.25) is 0 Å². The lowest BCUT2D eigenvalue weighted by atomic mass is 10.0. The number of halogens is 2. The molecule has 104 valence electrons. The predicted molar refractivity (Wildman–Crippen MR) is 75.1 cm³/mol. The summed E-state index contributed by atoms with van der Waals surface area (Å²) >= 11 is 6.22. The van der Waals surface area contributed by atoms with Gasteiger partial charge in [-0.25, -0.2) is 0 Å². The van der Waals surface area contributed by atoms with Crippen LogP contribution in [0, 0.1) is 0 Å². The van der Waals surface area contributed by atoms with Crippen molar-refractivity contribution in [3.05, 3.63) is 22.7 Å². The third-order valence-corrected chi connectivity index (χ3v) is 2.98. The van der Waals surface area contributed by atoms with Gasteiger partial charge >= 0.3 is 0 Å². The number of nitrogens with two attached hydrogens (primary N) is 1. The molecule has 0 heterocycles. The molecule has 0 spiro atoms. The van der Waals surface area contributed by atoms with E-state index in [4.69, 9.17) is 31.9 Å². The average molecular weight is 296 g/mol. The van der Waals surface area contributed by atoms with Crippen LogP contribution in [0.25, 0.3) is 0 Å². The first kappa shape index (κ1) is 17.3. The van der Waals surface area contributed by atoms with Gasteiger partial charge in [-0.1, -0.05) is 17.7 Å². The highest BCUT2D eigenvalue weighted by Crippen LogP contribution is 2.39. The zero-order valence-corrected chi connectivity index (χ0v) is 12.1. The highest BCUT2D eigenvalue weighted by molar-refractivity contribution is 6.33. The van der Waals surface area contributed by atoms with E-state index in [2.05, 4.69) is 0 Å². The zero-order chi connectivity index (χ0) is 12.8. The fourth-order valence-corrected chi connectivity index (χ4v) is 2.03. The quantitative estimate of drug-likeness (QED) is 0.846. The Bertz CT molecular complexity index is 375. The lowest BCUT2D eigenvalue weighted by molar-refractivity contribution is 0.280. The maximum atomic E-state index is 8.78. The first-order valence-electron chi connectivity index (χ1n) is 5.42. The Hall–Kier alpha value is -0.680. The molecular weight excluding hydrogens is 277 g/mol. The minimum atomic E-state index is -0.213. The molecule has 4 nitrogen and oxygen atoms in total. The smallest absolute Gasteiger partial charge is 0.179 e. The minimum Gasteiger partial charge on any atom is -0.493 e. The van der Waals surface area contributed by atoms with E-state index in [1.165, 1.54) is 7.11 Å². The number of rotatable bonds is 6. The standard InChI is InChI=1S/C12H18ClNO3.ClH/c1-16-10-6-5-8(9(14)4-3-7-15)11(13)12(10)17-2;/h5-6,9,15H,3-4,7,14H2,1-2H3;1H/t9-;/m0./s1. The van der Waals surface area contributed by atoms with Crippen LogP contribution in [0.2, 0.25) is 5.02 Å². The van der Waals surface area contributed by atoms with Gasteiger partial charge in [-0.05, 0) is 24.5 Å². The molecule has 1 aromatic carbocycles. The Morgan fingerprint density at radius 3 is 2.50 bits per heavy atom. The van der Waals surface area contributed by atoms with E-state index in [0.717, 1.165) is 5.56 Å². The van der Waals surface area contributed by atoms with Gasteiger partial charge in [0.05, 0.1) is 19.2 Å². The SMILES string of the molecule is COc1ccc([C@@H](N)CCCO)c(Cl)c1OC.Cl. The van der Waals surface area contributed by atoms with Crippen molar-refractivity contribution >= 4 is 24.0 Å². The molecule has 0 bridgehead atoms. The van der Waals surface area contributed by atoms with E-state index in [0.29, 0.717) is 29.4 Å². The fraction of sp³-hybridized carbons (Fsp3) is 0.500. The lowest BCUT2D eigenvalue weighted by Gasteiger charge is -2.17. The molecule has 0 aromatic heterocycles. The van der Waals surface area contributed by atoms with Gasteiger partial charge < -0.3 is 20.3 Å². The number of aliphatic hydroxyl groups excluding tert-OH is 1. The largest absolute Gasteiger partial charge is 0.493 e. The monoisotopic (exact) mass is 295 g/mol. The van der Waals surface area contributed by atoms with Gasteiger partial charge in [0.25, 0.3) is 0 Å². The van der Waals surface area contributed by atoms with Crippen molar-refractivity contribution in [1.29, 1.82) is 0 Å². The van der Waals surface area contributed by atoms with Crippen molar-refractivity contribution in [2.45, 2.75) is 18.9 Å². The second kappa shape index (κ2) is 8.43. The van der Waals surface area contributed by atoms with Crippen LogP contribution in [-0.2, 0) is 0 Å². The van der Waals surface area contributed by atoms with Crippen molar-refractivity contribution in [2.24, 2.45) is 5.73 Å². The molecule has 0 amide bonds. The summed E-state index contributed by atoms with van der Waals surface area (Å²) in [6.45, 7) is 0.124. The molecule has 0 aliphatic heterocycles. The van der Waals surface area contributed by atoms with Crippen molar-refractivity contribution in [2.75, 3.05) is 20.8 Å². The van der Waals surface area contributed by atoms with Crippen LogP contribution >= 0.6 is 24.0 Å². The minimum absolute atomic E-state index is 0. The van der Waals surface area contributed by atoms with E-state index < -0.39 is 0 Å². The molecule has 0 aliphatic rings. The summed E-state index contributed by atoms with van der Waals surface area (Å²) in [5, 5.41) is 9.25. The second-order valence-corrected chi connectivity index (χ2v) is 4.05. The first-order valence-corrected chi connectivity index (χ1v) is 5.80. The van der Waals surface area contributed by atoms with E-state index in [-0.39, 0.29) is 25.1 Å². The van der Waals surface area contributed by atoms with Gasteiger partial charge in [0.1, 0.15) is 0 Å². The van der Waals surface area contributed by atoms with Gasteiger partial charge in [0, 0.05) is 12.6 Å². The summed E-state index contributed by atoms with van der Waals surface area (Å²) in [6, 6.07) is 3.39. The van der Waals surface area contributed by atoms with E-state index >= 15 is 0 Å². The molecular formula is C12H19Cl2NO3. The zero-order valence-electron chi connectivity index (χ0n) is 10.5. The Morgan fingerprint density at radius 2 is 2.00 bits per heavy atom. The number of ether oxygens (including phenoxy) is 2. The molecule has 3 N–H and O–H groups in total. The van der Waals surface area contributed by atoms with Gasteiger partial charge in [-0.15, -0.1) is 12.4 Å². The molecule has 1 aromatic rings. The van der Waals surface area contributed by atoms with Crippen LogP contribution in [0.5, 0.6) is 11.5 Å². The molecule has 1 atom stereocenters. The number of methoxy groups -OCH3 is 2. The first-order chi connectivity index (χ1) is 8.15. The average Bonchev–Trinajstić information content (AvgIpc) is 2.35. The highest BCUT2D eigenvalue weighted by Gasteiger charge is 2.17. The predicted octanol–water partition coefficient (Wildman–Crippen LogP) is 2.55. The van der Waals surface area contributed by atoms with Crippen LogP contribution < -0.4 is 15.2 Å². The maximum Gasteiger partial charge on any atom is 0.179 e. The van der Waals surface area contributed by atoms with Crippen LogP contribution in [0.1, 0.15) is 24.4 Å². The Balaban J connectivity index is 0.00000289. The fourth-order valence-electron chi connectivity index (χ4n) is 1.66. The highest BCUT2D eigenvalue weighted by atomic mass is 35.5. The summed E-state index contributed by atoms with van der Waals surface area (Å²) in [5.41, 5.74) is 6.81. The van der Waals surface area contributed by atoms with Gasteiger partial charge in [0.2, 0.25) is 0 Å². The lowest BCUT2D eigenvalue weighted by Crippen LogP contribution is -2.12. The molecule has 0 saturated carbocycles. The molecule has 0 saturated heterocycles. The van der Waals surface area contributed by atoms with Crippen molar-refractivity contribution < 1.29 is 14.6 Å². The molecule has 0 aliphatic carbocycles. The summed E-state index contributed by atoms with van der Waals surface area (Å²) in [5.74, 6) is 1.07. The summed E-state index contributed by atoms with van der Waals surface area (Å²) in [7, 11) is 3.09. The van der Waals surface area contributed by atoms with Crippen molar-refractivity contribution in [3.8, 4) is 11.5 Å². The van der Waals surface area contributed by atoms with Crippen LogP contribution in [0.3, 0.4) is 0 Å². The molecule has 18 heavy (non-hydrogen) atoms. The van der Waals surface area contributed by atoms with Crippen LogP contribution in [-0.4, -0.2) is 25.9 Å². The third-order valence-electron chi connectivity index (χ3n) is 2.59. The second-order valence-electron chi connectivity index (χ2n) is 3.68. The van der Waals surface area contributed by atoms with Crippen molar-refractivity contribution in [1.82, 2.24) is 0 Å². The number of hydrogen-bond donors (Lipinski definition) is 2. The molecule has 0 radical (unpaired) electrons. The molecule has 0 fully saturated rings. The van der Waals surface area contributed by atoms with E-state index in [1.807, 2.05) is 6.07 Å². The number of benzene rings is 1. The molecule has 0 unspecified atom stereocenters. The van der Waals surface area contributed by atoms with E-state index in [1.54, 1.807) is 13.2 Å². The Morgan fingerprint density at radius 1 is 1.33 bits per heavy atom. The third kappa shape index (κ3) is 3.92. The van der Waals surface area contributed by atoms with E-state index in [9.17, 15) is 0 Å². The van der Waals surface area contributed by atoms with Gasteiger partial charge in [-0.2, -0.15) is 0 Å². The molecule has 1 rings (SSSR count). The topological polar surface area (TPSA) is 64.7 Å². The summed E-state index contributed by atoms with van der Waals surface area (Å²) < 4.78 is 10.3. The van der Waals surface area contributed by atoms with Crippen LogP contribution in [0.15, 0.2) is 12.1 Å². The van der Waals surface area contributed by atoms with Crippen molar-refractivity contribution in [3.63, 3.8) is 0 Å². The number of hydrogen-bond acceptors (Lipinski definition) is 4. The summed E-state index contributed by atoms with van der Waals surface area (Å²) in [4.78, 5) is 0. The maximum absolute atomic E-state index is 8.78. The van der Waals surface area contributed by atoms with Gasteiger partial charge in [0.15, 0.2) is 11.5 Å².